The van der Waals surface area contributed by atoms with E-state index >= 15 is 0 Å². The zero-order valence-corrected chi connectivity index (χ0v) is 11.4. The summed E-state index contributed by atoms with van der Waals surface area (Å²) in [5.74, 6) is 2.65. The molecule has 0 spiro atoms. The lowest BCUT2D eigenvalue weighted by atomic mass is 9.75. The third-order valence-electron chi connectivity index (χ3n) is 5.75. The van der Waals surface area contributed by atoms with Gasteiger partial charge in [-0.3, -0.25) is 0 Å². The zero-order valence-electron chi connectivity index (χ0n) is 11.4. The SMILES string of the molecule is CC(C1Cc2ccccc2C1)C(C)C1(C)CC1. The Kier molecular flexibility index (Phi) is 2.57. The first-order valence-corrected chi connectivity index (χ1v) is 7.17. The highest BCUT2D eigenvalue weighted by Gasteiger charge is 2.46. The average Bonchev–Trinajstić information content (AvgIpc) is 2.95. The Morgan fingerprint density at radius 3 is 2.06 bits per heavy atom. The minimum Gasteiger partial charge on any atom is -0.0620 e. The molecule has 0 aromatic heterocycles. The Morgan fingerprint density at radius 2 is 1.59 bits per heavy atom. The molecule has 0 aliphatic heterocycles. The van der Waals surface area contributed by atoms with E-state index in [-0.39, 0.29) is 0 Å². The molecule has 2 aliphatic carbocycles. The van der Waals surface area contributed by atoms with Crippen molar-refractivity contribution in [3.63, 3.8) is 0 Å². The van der Waals surface area contributed by atoms with Crippen molar-refractivity contribution in [2.75, 3.05) is 0 Å². The highest BCUT2D eigenvalue weighted by molar-refractivity contribution is 5.32. The lowest BCUT2D eigenvalue weighted by Gasteiger charge is -2.30. The van der Waals surface area contributed by atoms with Crippen LogP contribution in [-0.2, 0) is 12.8 Å². The Hall–Kier alpha value is -0.780. The first-order valence-electron chi connectivity index (χ1n) is 7.17. The molecule has 1 fully saturated rings. The van der Waals surface area contributed by atoms with Crippen molar-refractivity contribution in [1.29, 1.82) is 0 Å². The molecule has 0 amide bonds. The van der Waals surface area contributed by atoms with Crippen LogP contribution in [0.1, 0.15) is 44.7 Å². The van der Waals surface area contributed by atoms with E-state index in [0.29, 0.717) is 5.41 Å². The molecule has 1 aromatic carbocycles. The summed E-state index contributed by atoms with van der Waals surface area (Å²) in [4.78, 5) is 0. The van der Waals surface area contributed by atoms with Crippen LogP contribution in [0.5, 0.6) is 0 Å². The van der Waals surface area contributed by atoms with Crippen LogP contribution >= 0.6 is 0 Å². The maximum atomic E-state index is 2.49. The number of hydrogen-bond acceptors (Lipinski definition) is 0. The maximum absolute atomic E-state index is 2.49. The van der Waals surface area contributed by atoms with Crippen molar-refractivity contribution in [2.24, 2.45) is 23.2 Å². The van der Waals surface area contributed by atoms with Gasteiger partial charge in [0.15, 0.2) is 0 Å². The predicted octanol–water partition coefficient (Wildman–Crippen LogP) is 4.47. The van der Waals surface area contributed by atoms with Crippen LogP contribution in [-0.4, -0.2) is 0 Å². The van der Waals surface area contributed by atoms with Crippen LogP contribution < -0.4 is 0 Å². The molecule has 0 radical (unpaired) electrons. The van der Waals surface area contributed by atoms with Crippen molar-refractivity contribution < 1.29 is 0 Å². The van der Waals surface area contributed by atoms with E-state index in [1.165, 1.54) is 25.7 Å². The van der Waals surface area contributed by atoms with Gasteiger partial charge in [0.1, 0.15) is 0 Å². The normalized spacial score (nSPS) is 25.4. The third kappa shape index (κ3) is 1.92. The van der Waals surface area contributed by atoms with Crippen molar-refractivity contribution in [1.82, 2.24) is 0 Å². The molecule has 0 nitrogen and oxygen atoms in total. The molecule has 0 saturated heterocycles. The van der Waals surface area contributed by atoms with E-state index in [4.69, 9.17) is 0 Å². The molecule has 1 aromatic rings. The maximum Gasteiger partial charge on any atom is -0.0242 e. The predicted molar refractivity (Wildman–Crippen MR) is 73.0 cm³/mol. The van der Waals surface area contributed by atoms with E-state index in [1.54, 1.807) is 11.1 Å². The molecule has 1 saturated carbocycles. The van der Waals surface area contributed by atoms with E-state index in [1.807, 2.05) is 0 Å². The first kappa shape index (κ1) is 11.3. The molecule has 0 bridgehead atoms. The Bertz CT molecular complexity index is 389. The van der Waals surface area contributed by atoms with E-state index in [0.717, 1.165) is 17.8 Å². The van der Waals surface area contributed by atoms with Crippen molar-refractivity contribution in [3.8, 4) is 0 Å². The summed E-state index contributed by atoms with van der Waals surface area (Å²) >= 11 is 0. The van der Waals surface area contributed by atoms with Gasteiger partial charge >= 0.3 is 0 Å². The van der Waals surface area contributed by atoms with E-state index in [9.17, 15) is 0 Å². The fraction of sp³-hybridized carbons (Fsp3) is 0.647. The van der Waals surface area contributed by atoms with Crippen LogP contribution in [0.3, 0.4) is 0 Å². The summed E-state index contributed by atoms with van der Waals surface area (Å²) in [5, 5.41) is 0. The summed E-state index contributed by atoms with van der Waals surface area (Å²) < 4.78 is 0. The molecule has 17 heavy (non-hydrogen) atoms. The lowest BCUT2D eigenvalue weighted by Crippen LogP contribution is -2.25. The molecule has 0 N–H and O–H groups in total. The van der Waals surface area contributed by atoms with Crippen LogP contribution in [0.15, 0.2) is 24.3 Å². The minimum absolute atomic E-state index is 0.675. The van der Waals surface area contributed by atoms with Gasteiger partial charge in [-0.25, -0.2) is 0 Å². The summed E-state index contributed by atoms with van der Waals surface area (Å²) in [6, 6.07) is 9.03. The zero-order chi connectivity index (χ0) is 12.0. The van der Waals surface area contributed by atoms with Crippen LogP contribution in [0.4, 0.5) is 0 Å². The second kappa shape index (κ2) is 3.86. The van der Waals surface area contributed by atoms with Crippen molar-refractivity contribution in [2.45, 2.75) is 46.5 Å². The van der Waals surface area contributed by atoms with Gasteiger partial charge in [0.25, 0.3) is 0 Å². The fourth-order valence-corrected chi connectivity index (χ4v) is 3.66. The standard InChI is InChI=1S/C17H24/c1-12(13(2)17(3)8-9-17)16-10-14-6-4-5-7-15(14)11-16/h4-7,12-13,16H,8-11H2,1-3H3. The highest BCUT2D eigenvalue weighted by Crippen LogP contribution is 2.55. The van der Waals surface area contributed by atoms with Gasteiger partial charge in [-0.05, 0) is 60.0 Å². The molecule has 2 aliphatic rings. The second-order valence-electron chi connectivity index (χ2n) is 6.74. The lowest BCUT2D eigenvalue weighted by molar-refractivity contribution is 0.192. The molecular weight excluding hydrogens is 204 g/mol. The quantitative estimate of drug-likeness (QED) is 0.716. The van der Waals surface area contributed by atoms with Gasteiger partial charge in [0, 0.05) is 0 Å². The third-order valence-corrected chi connectivity index (χ3v) is 5.75. The van der Waals surface area contributed by atoms with Gasteiger partial charge in [-0.2, -0.15) is 0 Å². The molecule has 0 heterocycles. The van der Waals surface area contributed by atoms with E-state index < -0.39 is 0 Å². The highest BCUT2D eigenvalue weighted by atomic mass is 14.5. The molecule has 0 heteroatoms. The molecule has 2 atom stereocenters. The number of benzene rings is 1. The van der Waals surface area contributed by atoms with Crippen LogP contribution in [0.25, 0.3) is 0 Å². The molecule has 92 valence electrons. The molecular formula is C17H24. The van der Waals surface area contributed by atoms with E-state index in [2.05, 4.69) is 45.0 Å². The fourth-order valence-electron chi connectivity index (χ4n) is 3.66. The summed E-state index contributed by atoms with van der Waals surface area (Å²) in [6.45, 7) is 7.46. The van der Waals surface area contributed by atoms with Gasteiger partial charge in [0.05, 0.1) is 0 Å². The molecule has 2 unspecified atom stereocenters. The second-order valence-corrected chi connectivity index (χ2v) is 6.74. The summed E-state index contributed by atoms with van der Waals surface area (Å²) in [5.41, 5.74) is 3.89. The van der Waals surface area contributed by atoms with Gasteiger partial charge < -0.3 is 0 Å². The smallest absolute Gasteiger partial charge is 0.0242 e. The number of rotatable bonds is 3. The Morgan fingerprint density at radius 1 is 1.06 bits per heavy atom. The summed E-state index contributed by atoms with van der Waals surface area (Å²) in [7, 11) is 0. The topological polar surface area (TPSA) is 0 Å². The van der Waals surface area contributed by atoms with Gasteiger partial charge in [0.2, 0.25) is 0 Å². The van der Waals surface area contributed by atoms with Gasteiger partial charge in [-0.15, -0.1) is 0 Å². The average molecular weight is 228 g/mol. The number of fused-ring (bicyclic) bond motifs is 1. The van der Waals surface area contributed by atoms with Gasteiger partial charge in [-0.1, -0.05) is 45.0 Å². The van der Waals surface area contributed by atoms with Crippen LogP contribution in [0.2, 0.25) is 0 Å². The van der Waals surface area contributed by atoms with Crippen LogP contribution in [0, 0.1) is 23.2 Å². The number of hydrogen-bond donors (Lipinski definition) is 0. The largest absolute Gasteiger partial charge is 0.0620 e. The van der Waals surface area contributed by atoms with Crippen molar-refractivity contribution in [3.05, 3.63) is 35.4 Å². The Labute approximate surface area is 105 Å². The Balaban J connectivity index is 1.72. The summed E-state index contributed by atoms with van der Waals surface area (Å²) in [6.07, 6.45) is 5.55. The monoisotopic (exact) mass is 228 g/mol. The van der Waals surface area contributed by atoms with Crippen molar-refractivity contribution >= 4 is 0 Å². The molecule has 3 rings (SSSR count). The first-order chi connectivity index (χ1) is 8.10. The minimum atomic E-state index is 0.675.